The number of rotatable bonds is 5. The fourth-order valence-corrected chi connectivity index (χ4v) is 2.15. The molecular weight excluding hydrogens is 270 g/mol. The molecular formula is C16H17NO4. The molecule has 0 heterocycles. The van der Waals surface area contributed by atoms with Crippen molar-refractivity contribution in [3.63, 3.8) is 0 Å². The van der Waals surface area contributed by atoms with Gasteiger partial charge in [-0.2, -0.15) is 0 Å². The van der Waals surface area contributed by atoms with E-state index in [0.29, 0.717) is 11.1 Å². The molecule has 0 saturated heterocycles. The van der Waals surface area contributed by atoms with E-state index in [1.54, 1.807) is 6.07 Å². The third-order valence-corrected chi connectivity index (χ3v) is 3.42. The van der Waals surface area contributed by atoms with Gasteiger partial charge in [-0.15, -0.1) is 0 Å². The van der Waals surface area contributed by atoms with Crippen LogP contribution < -0.4 is 4.74 Å². The summed E-state index contributed by atoms with van der Waals surface area (Å²) in [4.78, 5) is 10.5. The van der Waals surface area contributed by atoms with E-state index in [1.165, 1.54) is 24.8 Å². The van der Waals surface area contributed by atoms with Crippen LogP contribution in [0, 0.1) is 10.1 Å². The quantitative estimate of drug-likeness (QED) is 0.676. The van der Waals surface area contributed by atoms with Crippen LogP contribution >= 0.6 is 0 Å². The van der Waals surface area contributed by atoms with Crippen molar-refractivity contribution in [2.24, 2.45) is 0 Å². The van der Waals surface area contributed by atoms with E-state index in [2.05, 4.69) is 6.92 Å². The Kier molecular flexibility index (Phi) is 4.55. The molecule has 21 heavy (non-hydrogen) atoms. The van der Waals surface area contributed by atoms with Gasteiger partial charge in [0, 0.05) is 6.07 Å². The molecule has 110 valence electrons. The monoisotopic (exact) mass is 287 g/mol. The number of hydrogen-bond donors (Lipinski definition) is 1. The maximum Gasteiger partial charge on any atom is 0.311 e. The highest BCUT2D eigenvalue weighted by atomic mass is 16.6. The van der Waals surface area contributed by atoms with Gasteiger partial charge >= 0.3 is 5.69 Å². The molecule has 1 atom stereocenters. The van der Waals surface area contributed by atoms with Gasteiger partial charge in [-0.25, -0.2) is 0 Å². The van der Waals surface area contributed by atoms with Crippen LogP contribution in [0.15, 0.2) is 42.5 Å². The molecule has 0 amide bonds. The molecule has 0 saturated carbocycles. The minimum Gasteiger partial charge on any atom is -0.490 e. The second-order valence-electron chi connectivity index (χ2n) is 4.69. The Labute approximate surface area is 123 Å². The maximum absolute atomic E-state index is 11.0. The summed E-state index contributed by atoms with van der Waals surface area (Å²) in [6.07, 6.45) is 0.0187. The number of benzene rings is 2. The van der Waals surface area contributed by atoms with Crippen LogP contribution in [-0.2, 0) is 6.42 Å². The van der Waals surface area contributed by atoms with E-state index in [0.717, 1.165) is 6.42 Å². The van der Waals surface area contributed by atoms with Crippen molar-refractivity contribution in [2.75, 3.05) is 7.11 Å². The van der Waals surface area contributed by atoms with E-state index in [-0.39, 0.29) is 11.4 Å². The highest BCUT2D eigenvalue weighted by Crippen LogP contribution is 2.32. The lowest BCUT2D eigenvalue weighted by Gasteiger charge is -2.13. The molecule has 0 aliphatic heterocycles. The summed E-state index contributed by atoms with van der Waals surface area (Å²) < 4.78 is 4.95. The first-order valence-corrected chi connectivity index (χ1v) is 6.66. The first kappa shape index (κ1) is 15.0. The molecule has 5 heteroatoms. The first-order chi connectivity index (χ1) is 10.1. The highest BCUT2D eigenvalue weighted by Gasteiger charge is 2.19. The molecule has 1 N–H and O–H groups in total. The Morgan fingerprint density at radius 3 is 2.33 bits per heavy atom. The summed E-state index contributed by atoms with van der Waals surface area (Å²) in [5.74, 6) is 0.178. The van der Waals surface area contributed by atoms with Crippen molar-refractivity contribution < 1.29 is 14.8 Å². The second kappa shape index (κ2) is 6.37. The van der Waals surface area contributed by atoms with E-state index in [4.69, 9.17) is 4.74 Å². The number of aryl methyl sites for hydroxylation is 1. The van der Waals surface area contributed by atoms with Crippen LogP contribution in [-0.4, -0.2) is 17.1 Å². The Morgan fingerprint density at radius 2 is 1.81 bits per heavy atom. The van der Waals surface area contributed by atoms with Crippen LogP contribution in [0.2, 0.25) is 0 Å². The zero-order valence-corrected chi connectivity index (χ0v) is 11.9. The summed E-state index contributed by atoms with van der Waals surface area (Å²) in [6, 6.07) is 12.0. The van der Waals surface area contributed by atoms with Gasteiger partial charge in [0.1, 0.15) is 6.10 Å². The van der Waals surface area contributed by atoms with Crippen molar-refractivity contribution in [2.45, 2.75) is 19.4 Å². The Bertz CT molecular complexity index is 637. The molecule has 2 aromatic carbocycles. The molecule has 0 aromatic heterocycles. The average molecular weight is 287 g/mol. The van der Waals surface area contributed by atoms with E-state index in [9.17, 15) is 15.2 Å². The topological polar surface area (TPSA) is 72.6 Å². The van der Waals surface area contributed by atoms with Gasteiger partial charge < -0.3 is 9.84 Å². The summed E-state index contributed by atoms with van der Waals surface area (Å²) in [5.41, 5.74) is 2.18. The molecule has 2 aromatic rings. The number of nitro groups is 1. The van der Waals surface area contributed by atoms with Crippen molar-refractivity contribution in [3.8, 4) is 5.75 Å². The summed E-state index contributed by atoms with van der Waals surface area (Å²) >= 11 is 0. The van der Waals surface area contributed by atoms with Crippen molar-refractivity contribution in [1.82, 2.24) is 0 Å². The predicted molar refractivity (Wildman–Crippen MR) is 79.5 cm³/mol. The van der Waals surface area contributed by atoms with E-state index >= 15 is 0 Å². The van der Waals surface area contributed by atoms with Gasteiger partial charge in [0.15, 0.2) is 5.75 Å². The highest BCUT2D eigenvalue weighted by molar-refractivity contribution is 5.50. The smallest absolute Gasteiger partial charge is 0.311 e. The fraction of sp³-hybridized carbons (Fsp3) is 0.250. The molecule has 0 spiro atoms. The van der Waals surface area contributed by atoms with Gasteiger partial charge in [-0.05, 0) is 29.2 Å². The average Bonchev–Trinajstić information content (AvgIpc) is 2.53. The van der Waals surface area contributed by atoms with Gasteiger partial charge in [0.05, 0.1) is 12.0 Å². The largest absolute Gasteiger partial charge is 0.490 e. The predicted octanol–water partition coefficient (Wildman–Crippen LogP) is 3.25. The number of methoxy groups -OCH3 is 1. The van der Waals surface area contributed by atoms with Crippen LogP contribution in [0.4, 0.5) is 5.69 Å². The lowest BCUT2D eigenvalue weighted by atomic mass is 9.99. The minimum atomic E-state index is -0.902. The molecule has 2 rings (SSSR count). The number of hydrogen-bond acceptors (Lipinski definition) is 4. The lowest BCUT2D eigenvalue weighted by Crippen LogP contribution is -2.02. The Hall–Kier alpha value is -2.40. The van der Waals surface area contributed by atoms with Crippen LogP contribution in [0.3, 0.4) is 0 Å². The van der Waals surface area contributed by atoms with Gasteiger partial charge in [-0.1, -0.05) is 37.3 Å². The number of aliphatic hydroxyl groups is 1. The van der Waals surface area contributed by atoms with Crippen molar-refractivity contribution >= 4 is 5.69 Å². The Balaban J connectivity index is 2.35. The first-order valence-electron chi connectivity index (χ1n) is 6.66. The van der Waals surface area contributed by atoms with Crippen molar-refractivity contribution in [3.05, 3.63) is 69.3 Å². The normalized spacial score (nSPS) is 12.0. The van der Waals surface area contributed by atoms with E-state index in [1.807, 2.05) is 24.3 Å². The van der Waals surface area contributed by atoms with Gasteiger partial charge in [0.25, 0.3) is 0 Å². The summed E-state index contributed by atoms with van der Waals surface area (Å²) in [5, 5.41) is 21.4. The molecule has 0 radical (unpaired) electrons. The molecule has 0 aliphatic carbocycles. The Morgan fingerprint density at radius 1 is 1.19 bits per heavy atom. The summed E-state index contributed by atoms with van der Waals surface area (Å²) in [6.45, 7) is 2.05. The van der Waals surface area contributed by atoms with Crippen LogP contribution in [0.1, 0.15) is 29.7 Å². The maximum atomic E-state index is 11.0. The number of nitrogens with zero attached hydrogens (tertiary/aromatic N) is 1. The zero-order chi connectivity index (χ0) is 15.4. The van der Waals surface area contributed by atoms with Gasteiger partial charge in [-0.3, -0.25) is 10.1 Å². The SMILES string of the molecule is CCc1ccc([C@@H](O)c2ccc(OC)c([N+](=O)[O-])c2)cc1. The van der Waals surface area contributed by atoms with Crippen LogP contribution in [0.25, 0.3) is 0 Å². The summed E-state index contributed by atoms with van der Waals surface area (Å²) in [7, 11) is 1.38. The number of ether oxygens (including phenoxy) is 1. The van der Waals surface area contributed by atoms with Crippen LogP contribution in [0.5, 0.6) is 5.75 Å². The third kappa shape index (κ3) is 3.20. The molecule has 0 unspecified atom stereocenters. The fourth-order valence-electron chi connectivity index (χ4n) is 2.15. The number of aliphatic hydroxyl groups excluding tert-OH is 1. The molecule has 0 fully saturated rings. The molecule has 5 nitrogen and oxygen atoms in total. The second-order valence-corrected chi connectivity index (χ2v) is 4.69. The number of nitro benzene ring substituents is 1. The zero-order valence-electron chi connectivity index (χ0n) is 11.9. The molecule has 0 aliphatic rings. The molecule has 0 bridgehead atoms. The minimum absolute atomic E-state index is 0.153. The van der Waals surface area contributed by atoms with E-state index < -0.39 is 11.0 Å². The third-order valence-electron chi connectivity index (χ3n) is 3.42. The standard InChI is InChI=1S/C16H17NO4/c1-3-11-4-6-12(7-5-11)16(18)13-8-9-15(21-2)14(10-13)17(19)20/h4-10,16,18H,3H2,1-2H3/t16-/m1/s1. The lowest BCUT2D eigenvalue weighted by molar-refractivity contribution is -0.385. The van der Waals surface area contributed by atoms with Gasteiger partial charge in [0.2, 0.25) is 0 Å². The van der Waals surface area contributed by atoms with Crippen molar-refractivity contribution in [1.29, 1.82) is 0 Å².